The van der Waals surface area contributed by atoms with Gasteiger partial charge in [-0.15, -0.1) is 11.6 Å². The molecule has 0 spiro atoms. The SMILES string of the molecule is CC1(C)C(Cl)CC1NCCS(=O)(=O)C(C)(C)C. The highest BCUT2D eigenvalue weighted by Gasteiger charge is 2.46. The minimum absolute atomic E-state index is 0.0625. The molecule has 102 valence electrons. The first-order valence-electron chi connectivity index (χ1n) is 6.08. The highest BCUT2D eigenvalue weighted by molar-refractivity contribution is 7.92. The first kappa shape index (κ1) is 15.3. The number of halogens is 1. The molecule has 1 fully saturated rings. The van der Waals surface area contributed by atoms with Gasteiger partial charge in [-0.25, -0.2) is 8.42 Å². The van der Waals surface area contributed by atoms with Crippen molar-refractivity contribution in [2.45, 2.75) is 57.2 Å². The third-order valence-electron chi connectivity index (χ3n) is 3.84. The average molecular weight is 282 g/mol. The molecule has 0 amide bonds. The Bertz CT molecular complexity index is 370. The van der Waals surface area contributed by atoms with Gasteiger partial charge in [-0.05, 0) is 32.6 Å². The summed E-state index contributed by atoms with van der Waals surface area (Å²) in [5, 5.41) is 3.50. The van der Waals surface area contributed by atoms with Crippen LogP contribution in [0.2, 0.25) is 0 Å². The van der Waals surface area contributed by atoms with Crippen LogP contribution < -0.4 is 5.32 Å². The van der Waals surface area contributed by atoms with Gasteiger partial charge >= 0.3 is 0 Å². The van der Waals surface area contributed by atoms with Crippen molar-refractivity contribution in [3.63, 3.8) is 0 Å². The van der Waals surface area contributed by atoms with Crippen molar-refractivity contribution in [2.24, 2.45) is 5.41 Å². The van der Waals surface area contributed by atoms with E-state index >= 15 is 0 Å². The summed E-state index contributed by atoms with van der Waals surface area (Å²) in [7, 11) is -3.02. The van der Waals surface area contributed by atoms with Crippen molar-refractivity contribution >= 4 is 21.4 Å². The average Bonchev–Trinajstić information content (AvgIpc) is 2.14. The Hall–Kier alpha value is 0.200. The van der Waals surface area contributed by atoms with Crippen molar-refractivity contribution in [2.75, 3.05) is 12.3 Å². The zero-order valence-corrected chi connectivity index (χ0v) is 13.0. The fourth-order valence-corrected chi connectivity index (χ4v) is 3.22. The second-order valence-corrected chi connectivity index (χ2v) is 9.85. The quantitative estimate of drug-likeness (QED) is 0.804. The lowest BCUT2D eigenvalue weighted by molar-refractivity contribution is 0.119. The van der Waals surface area contributed by atoms with Crippen LogP contribution in [0.15, 0.2) is 0 Å². The summed E-state index contributed by atoms with van der Waals surface area (Å²) in [6, 6.07) is 0.333. The Kier molecular flexibility index (Phi) is 4.22. The minimum Gasteiger partial charge on any atom is -0.312 e. The molecule has 5 heteroatoms. The molecule has 0 bridgehead atoms. The van der Waals surface area contributed by atoms with Gasteiger partial charge in [-0.2, -0.15) is 0 Å². The summed E-state index contributed by atoms with van der Waals surface area (Å²) < 4.78 is 23.1. The zero-order chi connectivity index (χ0) is 13.5. The summed E-state index contributed by atoms with van der Waals surface area (Å²) >= 11 is 6.12. The van der Waals surface area contributed by atoms with E-state index in [1.54, 1.807) is 20.8 Å². The lowest BCUT2D eigenvalue weighted by Gasteiger charge is -2.49. The van der Waals surface area contributed by atoms with Crippen LogP contribution in [0.1, 0.15) is 41.0 Å². The van der Waals surface area contributed by atoms with E-state index in [1.807, 2.05) is 0 Å². The van der Waals surface area contributed by atoms with Crippen LogP contribution in [0.5, 0.6) is 0 Å². The third-order valence-corrected chi connectivity index (χ3v) is 7.19. The Balaban J connectivity index is 2.41. The molecular weight excluding hydrogens is 258 g/mol. The lowest BCUT2D eigenvalue weighted by Crippen LogP contribution is -2.58. The highest BCUT2D eigenvalue weighted by Crippen LogP contribution is 2.44. The third kappa shape index (κ3) is 3.15. The molecule has 1 rings (SSSR count). The van der Waals surface area contributed by atoms with E-state index in [4.69, 9.17) is 11.6 Å². The summed E-state index contributed by atoms with van der Waals surface area (Å²) in [6.45, 7) is 9.96. The molecule has 3 nitrogen and oxygen atoms in total. The van der Waals surface area contributed by atoms with E-state index in [1.165, 1.54) is 0 Å². The molecule has 0 saturated heterocycles. The molecule has 0 aromatic heterocycles. The van der Waals surface area contributed by atoms with Crippen molar-refractivity contribution < 1.29 is 8.42 Å². The number of hydrogen-bond acceptors (Lipinski definition) is 3. The maximum atomic E-state index is 11.9. The van der Waals surface area contributed by atoms with Gasteiger partial charge < -0.3 is 5.32 Å². The van der Waals surface area contributed by atoms with Crippen molar-refractivity contribution in [3.8, 4) is 0 Å². The van der Waals surface area contributed by atoms with Crippen LogP contribution in [-0.4, -0.2) is 36.9 Å². The van der Waals surface area contributed by atoms with Gasteiger partial charge in [0.2, 0.25) is 0 Å². The maximum Gasteiger partial charge on any atom is 0.156 e. The predicted octanol–water partition coefficient (Wildman–Crippen LogP) is 2.20. The molecule has 2 unspecified atom stereocenters. The first-order valence-corrected chi connectivity index (χ1v) is 8.17. The highest BCUT2D eigenvalue weighted by atomic mass is 35.5. The fraction of sp³-hybridized carbons (Fsp3) is 1.00. The number of alkyl halides is 1. The van der Waals surface area contributed by atoms with Crippen molar-refractivity contribution in [1.82, 2.24) is 5.32 Å². The van der Waals surface area contributed by atoms with Crippen LogP contribution >= 0.6 is 11.6 Å². The van der Waals surface area contributed by atoms with E-state index in [9.17, 15) is 8.42 Å². The van der Waals surface area contributed by atoms with Gasteiger partial charge in [0.05, 0.1) is 10.5 Å². The summed E-state index contributed by atoms with van der Waals surface area (Å²) in [5.41, 5.74) is 0.0625. The summed E-state index contributed by atoms with van der Waals surface area (Å²) in [6.07, 6.45) is 0.921. The minimum atomic E-state index is -3.02. The van der Waals surface area contributed by atoms with Gasteiger partial charge in [0.15, 0.2) is 9.84 Å². The molecule has 0 aromatic carbocycles. The van der Waals surface area contributed by atoms with Gasteiger partial charge in [0.1, 0.15) is 0 Å². The topological polar surface area (TPSA) is 46.2 Å². The number of sulfone groups is 1. The zero-order valence-electron chi connectivity index (χ0n) is 11.4. The smallest absolute Gasteiger partial charge is 0.156 e. The van der Waals surface area contributed by atoms with Crippen LogP contribution in [0.25, 0.3) is 0 Å². The molecule has 0 heterocycles. The number of nitrogens with one attached hydrogen (secondary N) is 1. The Morgan fingerprint density at radius 2 is 1.88 bits per heavy atom. The monoisotopic (exact) mass is 281 g/mol. The lowest BCUT2D eigenvalue weighted by atomic mass is 9.67. The van der Waals surface area contributed by atoms with E-state index in [2.05, 4.69) is 19.2 Å². The molecular formula is C12H24ClNO2S. The first-order chi connectivity index (χ1) is 7.48. The van der Waals surface area contributed by atoms with Crippen LogP contribution in [-0.2, 0) is 9.84 Å². The molecule has 1 saturated carbocycles. The van der Waals surface area contributed by atoms with Gasteiger partial charge in [-0.3, -0.25) is 0 Å². The van der Waals surface area contributed by atoms with Crippen molar-refractivity contribution in [1.29, 1.82) is 0 Å². The van der Waals surface area contributed by atoms with E-state index in [0.29, 0.717) is 12.6 Å². The molecule has 0 aromatic rings. The molecule has 0 radical (unpaired) electrons. The summed E-state index contributed by atoms with van der Waals surface area (Å²) in [5.74, 6) is 0.191. The second kappa shape index (κ2) is 4.71. The Morgan fingerprint density at radius 1 is 1.35 bits per heavy atom. The Morgan fingerprint density at radius 3 is 2.24 bits per heavy atom. The van der Waals surface area contributed by atoms with Crippen LogP contribution in [0.4, 0.5) is 0 Å². The van der Waals surface area contributed by atoms with E-state index < -0.39 is 14.6 Å². The van der Waals surface area contributed by atoms with E-state index in [0.717, 1.165) is 6.42 Å². The van der Waals surface area contributed by atoms with Crippen molar-refractivity contribution in [3.05, 3.63) is 0 Å². The Labute approximate surface area is 110 Å². The number of hydrogen-bond donors (Lipinski definition) is 1. The van der Waals surface area contributed by atoms with Crippen LogP contribution in [0, 0.1) is 5.41 Å². The standard InChI is InChI=1S/C12H24ClNO2S/c1-11(2,3)17(15,16)7-6-14-10-8-9(13)12(10,4)5/h9-10,14H,6-8H2,1-5H3. The molecule has 0 aliphatic heterocycles. The van der Waals surface area contributed by atoms with E-state index in [-0.39, 0.29) is 16.5 Å². The van der Waals surface area contributed by atoms with Gasteiger partial charge in [0, 0.05) is 18.0 Å². The fourth-order valence-electron chi connectivity index (χ4n) is 1.89. The normalized spacial score (nSPS) is 28.8. The number of rotatable bonds is 4. The van der Waals surface area contributed by atoms with Crippen LogP contribution in [0.3, 0.4) is 0 Å². The van der Waals surface area contributed by atoms with Gasteiger partial charge in [0.25, 0.3) is 0 Å². The molecule has 17 heavy (non-hydrogen) atoms. The second-order valence-electron chi connectivity index (χ2n) is 6.46. The predicted molar refractivity (Wildman–Crippen MR) is 73.4 cm³/mol. The summed E-state index contributed by atoms with van der Waals surface area (Å²) in [4.78, 5) is 0. The maximum absolute atomic E-state index is 11.9. The molecule has 1 aliphatic carbocycles. The largest absolute Gasteiger partial charge is 0.312 e. The molecule has 2 atom stereocenters. The van der Waals surface area contributed by atoms with Gasteiger partial charge in [-0.1, -0.05) is 13.8 Å². The molecule has 1 N–H and O–H groups in total. The molecule has 1 aliphatic rings.